The molecule has 3 aromatic heterocycles. The van der Waals surface area contributed by atoms with Gasteiger partial charge in [0.25, 0.3) is 0 Å². The predicted molar refractivity (Wildman–Crippen MR) is 195 cm³/mol. The average Bonchev–Trinajstić information content (AvgIpc) is 3.59. The molecule has 2 N–H and O–H groups in total. The van der Waals surface area contributed by atoms with Crippen molar-refractivity contribution in [3.05, 3.63) is 59.7 Å². The van der Waals surface area contributed by atoms with Gasteiger partial charge in [-0.25, -0.2) is 24.7 Å². The van der Waals surface area contributed by atoms with E-state index in [1.807, 2.05) is 40.7 Å². The van der Waals surface area contributed by atoms with Crippen LogP contribution < -0.4 is 15.5 Å². The summed E-state index contributed by atoms with van der Waals surface area (Å²) in [6, 6.07) is 9.50. The van der Waals surface area contributed by atoms with Crippen LogP contribution in [0.15, 0.2) is 42.9 Å². The smallest absolute Gasteiger partial charge is 0.320 e. The van der Waals surface area contributed by atoms with E-state index in [-0.39, 0.29) is 17.9 Å². The number of nitriles is 1. The molecule has 0 saturated carbocycles. The van der Waals surface area contributed by atoms with Gasteiger partial charge in [-0.1, -0.05) is 6.07 Å². The Morgan fingerprint density at radius 3 is 2.30 bits per heavy atom. The number of Topliss-reactive ketones (excluding diaryl/α,β-unsaturated/α-hetero) is 1. The molecule has 0 aliphatic carbocycles. The molecule has 0 bridgehead atoms. The molecule has 2 amide bonds. The number of carbonyl (C=O) groups is 2. The van der Waals surface area contributed by atoms with Crippen molar-refractivity contribution in [1.29, 1.82) is 5.26 Å². The third-order valence-electron chi connectivity index (χ3n) is 9.67. The van der Waals surface area contributed by atoms with Crippen molar-refractivity contribution in [3.63, 3.8) is 0 Å². The Balaban J connectivity index is 0.963. The summed E-state index contributed by atoms with van der Waals surface area (Å²) in [4.78, 5) is 52.9. The first-order valence-corrected chi connectivity index (χ1v) is 18.1. The zero-order valence-corrected chi connectivity index (χ0v) is 30.5. The van der Waals surface area contributed by atoms with Crippen molar-refractivity contribution in [2.24, 2.45) is 5.73 Å². The summed E-state index contributed by atoms with van der Waals surface area (Å²) in [7, 11) is 0. The Hall–Kier alpha value is -4.79. The number of pyridine rings is 2. The first-order chi connectivity index (χ1) is 25.8. The summed E-state index contributed by atoms with van der Waals surface area (Å²) < 4.78 is 21.9. The van der Waals surface area contributed by atoms with Crippen LogP contribution in [0.5, 0.6) is 0 Å². The third-order valence-corrected chi connectivity index (χ3v) is 9.67. The minimum absolute atomic E-state index is 0.0300. The van der Waals surface area contributed by atoms with E-state index in [0.29, 0.717) is 127 Å². The molecule has 16 nitrogen and oxygen atoms in total. The number of rotatable bonds is 19. The molecular weight excluding hydrogens is 680 g/mol. The second-order valence-corrected chi connectivity index (χ2v) is 13.6. The van der Waals surface area contributed by atoms with Crippen LogP contribution in [0.1, 0.15) is 41.9 Å². The Morgan fingerprint density at radius 2 is 1.60 bits per heavy atom. The topological polar surface area (TPSA) is 185 Å². The average molecular weight is 729 g/mol. The van der Waals surface area contributed by atoms with Gasteiger partial charge in [-0.2, -0.15) is 5.26 Å². The summed E-state index contributed by atoms with van der Waals surface area (Å²) in [5.74, 6) is 1.12. The van der Waals surface area contributed by atoms with Gasteiger partial charge in [0.2, 0.25) is 5.95 Å². The molecule has 3 aromatic rings. The highest BCUT2D eigenvalue weighted by atomic mass is 16.6. The van der Waals surface area contributed by atoms with E-state index in [1.165, 1.54) is 0 Å². The van der Waals surface area contributed by atoms with Gasteiger partial charge in [0.15, 0.2) is 5.78 Å². The SMILES string of the molecule is CC1(C)C(=O)c2ccc(-c3cnc(N4CCN5C(=O)N(CCCOCCOCCOCCOCCN)C[C@@H]5C4)nc3)nc2N1Cc1cccnc1C#N. The summed E-state index contributed by atoms with van der Waals surface area (Å²) in [6.45, 7) is 11.8. The number of nitrogens with two attached hydrogens (primary N) is 1. The second-order valence-electron chi connectivity index (χ2n) is 13.6. The maximum absolute atomic E-state index is 13.4. The number of hydrogen-bond acceptors (Lipinski definition) is 14. The van der Waals surface area contributed by atoms with Gasteiger partial charge in [0, 0.05) is 82.1 Å². The minimum atomic E-state index is -0.850. The molecule has 6 rings (SSSR count). The van der Waals surface area contributed by atoms with E-state index < -0.39 is 5.54 Å². The van der Waals surface area contributed by atoms with Gasteiger partial charge in [-0.15, -0.1) is 0 Å². The van der Waals surface area contributed by atoms with E-state index in [4.69, 9.17) is 29.7 Å². The molecular formula is C37H48N10O6. The first kappa shape index (κ1) is 38.0. The van der Waals surface area contributed by atoms with Crippen LogP contribution in [0.25, 0.3) is 11.3 Å². The molecule has 53 heavy (non-hydrogen) atoms. The molecule has 0 spiro atoms. The minimum Gasteiger partial charge on any atom is -0.379 e. The number of aromatic nitrogens is 4. The third kappa shape index (κ3) is 8.89. The van der Waals surface area contributed by atoms with Crippen LogP contribution in [-0.2, 0) is 25.5 Å². The lowest BCUT2D eigenvalue weighted by Crippen LogP contribution is -2.52. The van der Waals surface area contributed by atoms with Gasteiger partial charge in [0.1, 0.15) is 17.6 Å². The Kier molecular flexibility index (Phi) is 12.8. The molecule has 3 aliphatic heterocycles. The van der Waals surface area contributed by atoms with E-state index in [2.05, 4.69) is 25.9 Å². The zero-order valence-electron chi connectivity index (χ0n) is 30.5. The second kappa shape index (κ2) is 17.8. The fraction of sp³-hybridized carbons (Fsp3) is 0.541. The number of amides is 2. The largest absolute Gasteiger partial charge is 0.379 e. The van der Waals surface area contributed by atoms with Crippen molar-refractivity contribution in [2.45, 2.75) is 38.4 Å². The van der Waals surface area contributed by atoms with E-state index >= 15 is 0 Å². The van der Waals surface area contributed by atoms with E-state index in [1.54, 1.807) is 30.7 Å². The molecule has 1 atom stereocenters. The Bertz CT molecular complexity index is 1750. The number of nitrogens with zero attached hydrogens (tertiary/aromatic N) is 9. The number of carbonyl (C=O) groups excluding carboxylic acids is 2. The summed E-state index contributed by atoms with van der Waals surface area (Å²) >= 11 is 0. The van der Waals surface area contributed by atoms with Crippen molar-refractivity contribution >= 4 is 23.6 Å². The normalized spacial score (nSPS) is 17.7. The highest BCUT2D eigenvalue weighted by Gasteiger charge is 2.45. The lowest BCUT2D eigenvalue weighted by Gasteiger charge is -2.36. The van der Waals surface area contributed by atoms with Crippen LogP contribution in [0.4, 0.5) is 16.6 Å². The zero-order chi connectivity index (χ0) is 37.2. The van der Waals surface area contributed by atoms with Crippen LogP contribution >= 0.6 is 0 Å². The van der Waals surface area contributed by atoms with Crippen LogP contribution in [0, 0.1) is 11.3 Å². The summed E-state index contributed by atoms with van der Waals surface area (Å²) in [5.41, 5.74) is 7.46. The number of urea groups is 1. The maximum atomic E-state index is 13.4. The monoisotopic (exact) mass is 728 g/mol. The van der Waals surface area contributed by atoms with Crippen molar-refractivity contribution in [2.75, 3.05) is 102 Å². The molecule has 0 aromatic carbocycles. The number of ketones is 1. The molecule has 2 saturated heterocycles. The van der Waals surface area contributed by atoms with Gasteiger partial charge in [0.05, 0.1) is 69.1 Å². The van der Waals surface area contributed by atoms with Crippen LogP contribution in [0.3, 0.4) is 0 Å². The highest BCUT2D eigenvalue weighted by Crippen LogP contribution is 2.40. The predicted octanol–water partition coefficient (Wildman–Crippen LogP) is 2.13. The Morgan fingerprint density at radius 1 is 0.906 bits per heavy atom. The van der Waals surface area contributed by atoms with Crippen molar-refractivity contribution < 1.29 is 28.5 Å². The lowest BCUT2D eigenvalue weighted by atomic mass is 9.97. The molecule has 6 heterocycles. The summed E-state index contributed by atoms with van der Waals surface area (Å²) in [6.07, 6.45) is 5.82. The molecule has 2 fully saturated rings. The van der Waals surface area contributed by atoms with Gasteiger partial charge < -0.3 is 44.3 Å². The standard InChI is InChI=1S/C37H48N10O6/c1-37(2)33(48)30-6-7-31(43-34(30)47(37)24-27-5-3-9-40-32(27)21-39)28-22-41-35(42-23-28)44-11-12-46-29(25-44)26-45(36(46)49)10-4-13-50-15-17-52-19-20-53-18-16-51-14-8-38/h3,5-7,9,22-23,29H,4,8,10-20,24-26,38H2,1-2H3/t29-/m0/s1. The number of fused-ring (bicyclic) bond motifs is 2. The fourth-order valence-electron chi connectivity index (χ4n) is 6.78. The molecule has 3 aliphatic rings. The van der Waals surface area contributed by atoms with Gasteiger partial charge >= 0.3 is 6.03 Å². The van der Waals surface area contributed by atoms with Crippen LogP contribution in [0.2, 0.25) is 0 Å². The van der Waals surface area contributed by atoms with Crippen molar-refractivity contribution in [3.8, 4) is 17.3 Å². The lowest BCUT2D eigenvalue weighted by molar-refractivity contribution is -0.00152. The Labute approximate surface area is 309 Å². The number of anilines is 2. The molecule has 16 heteroatoms. The van der Waals surface area contributed by atoms with E-state index in [0.717, 1.165) is 17.5 Å². The van der Waals surface area contributed by atoms with Crippen LogP contribution in [-0.4, -0.2) is 145 Å². The number of ether oxygens (including phenoxy) is 4. The highest BCUT2D eigenvalue weighted by molar-refractivity contribution is 6.12. The fourth-order valence-corrected chi connectivity index (χ4v) is 6.78. The summed E-state index contributed by atoms with van der Waals surface area (Å²) in [5, 5.41) is 9.58. The van der Waals surface area contributed by atoms with Gasteiger partial charge in [-0.3, -0.25) is 4.79 Å². The first-order valence-electron chi connectivity index (χ1n) is 18.1. The van der Waals surface area contributed by atoms with Crippen molar-refractivity contribution in [1.82, 2.24) is 29.7 Å². The molecule has 0 unspecified atom stereocenters. The maximum Gasteiger partial charge on any atom is 0.320 e. The van der Waals surface area contributed by atoms with E-state index in [9.17, 15) is 14.9 Å². The molecule has 282 valence electrons. The quantitative estimate of drug-likeness (QED) is 0.177. The molecule has 0 radical (unpaired) electrons. The number of hydrogen-bond donors (Lipinski definition) is 1. The van der Waals surface area contributed by atoms with Gasteiger partial charge in [-0.05, 0) is 38.5 Å². The number of piperazine rings is 1.